The number of primary amides is 1. The van der Waals surface area contributed by atoms with E-state index in [-0.39, 0.29) is 11.7 Å². The van der Waals surface area contributed by atoms with Gasteiger partial charge in [0.15, 0.2) is 0 Å². The number of rotatable bonds is 6. The molecule has 6 heteroatoms. The molecule has 1 aromatic heterocycles. The molecule has 4 nitrogen and oxygen atoms in total. The van der Waals surface area contributed by atoms with Gasteiger partial charge in [-0.15, -0.1) is 23.1 Å². The molecule has 0 aliphatic heterocycles. The van der Waals surface area contributed by atoms with Crippen molar-refractivity contribution in [1.82, 2.24) is 4.98 Å². The van der Waals surface area contributed by atoms with Crippen LogP contribution < -0.4 is 11.1 Å². The zero-order valence-corrected chi connectivity index (χ0v) is 11.3. The molecule has 0 aliphatic rings. The molecule has 0 saturated heterocycles. The lowest BCUT2D eigenvalue weighted by atomic mass is 10.3. The van der Waals surface area contributed by atoms with Crippen molar-refractivity contribution >= 4 is 34.7 Å². The fourth-order valence-corrected chi connectivity index (χ4v) is 2.72. The molecule has 0 fully saturated rings. The molecule has 1 amide bonds. The van der Waals surface area contributed by atoms with Crippen molar-refractivity contribution in [3.05, 3.63) is 40.8 Å². The highest BCUT2D eigenvalue weighted by Crippen LogP contribution is 2.27. The summed E-state index contributed by atoms with van der Waals surface area (Å²) < 4.78 is 0. The van der Waals surface area contributed by atoms with Crippen molar-refractivity contribution < 1.29 is 4.79 Å². The van der Waals surface area contributed by atoms with E-state index in [9.17, 15) is 4.79 Å². The Morgan fingerprint density at radius 2 is 2.28 bits per heavy atom. The number of nitrogens with two attached hydrogens (primary N) is 1. The number of nitrogens with zero attached hydrogens (tertiary/aromatic N) is 1. The van der Waals surface area contributed by atoms with E-state index in [1.165, 1.54) is 11.8 Å². The number of anilines is 1. The lowest BCUT2D eigenvalue weighted by molar-refractivity contribution is -0.115. The van der Waals surface area contributed by atoms with Gasteiger partial charge >= 0.3 is 0 Å². The van der Waals surface area contributed by atoms with Crippen molar-refractivity contribution in [2.75, 3.05) is 11.1 Å². The number of amides is 1. The average molecular weight is 279 g/mol. The molecule has 0 atom stereocenters. The van der Waals surface area contributed by atoms with E-state index >= 15 is 0 Å². The van der Waals surface area contributed by atoms with Crippen LogP contribution in [-0.2, 0) is 11.3 Å². The fourth-order valence-electron chi connectivity index (χ4n) is 1.40. The molecular formula is C12H13N3OS2. The second-order valence-electron chi connectivity index (χ2n) is 3.53. The summed E-state index contributed by atoms with van der Waals surface area (Å²) >= 11 is 3.05. The topological polar surface area (TPSA) is 68.0 Å². The van der Waals surface area contributed by atoms with Crippen LogP contribution in [0.2, 0.25) is 0 Å². The van der Waals surface area contributed by atoms with Gasteiger partial charge in [-0.05, 0) is 12.1 Å². The first-order valence-corrected chi connectivity index (χ1v) is 7.24. The van der Waals surface area contributed by atoms with Gasteiger partial charge in [0.2, 0.25) is 5.91 Å². The molecule has 0 unspecified atom stereocenters. The van der Waals surface area contributed by atoms with Crippen molar-refractivity contribution in [2.45, 2.75) is 11.4 Å². The number of carbonyl (C=O) groups excluding carboxylic acids is 1. The molecule has 1 heterocycles. The van der Waals surface area contributed by atoms with E-state index in [0.29, 0.717) is 6.54 Å². The Morgan fingerprint density at radius 3 is 3.00 bits per heavy atom. The number of para-hydroxylation sites is 1. The van der Waals surface area contributed by atoms with Gasteiger partial charge in [0.1, 0.15) is 5.01 Å². The van der Waals surface area contributed by atoms with E-state index in [4.69, 9.17) is 5.73 Å². The number of thioether (sulfide) groups is 1. The third-order valence-electron chi connectivity index (χ3n) is 2.17. The normalized spacial score (nSPS) is 10.2. The van der Waals surface area contributed by atoms with Crippen LogP contribution in [0.25, 0.3) is 0 Å². The molecule has 3 N–H and O–H groups in total. The average Bonchev–Trinajstić information content (AvgIpc) is 2.88. The molecule has 0 spiro atoms. The summed E-state index contributed by atoms with van der Waals surface area (Å²) in [6.45, 7) is 0.686. The Labute approximate surface area is 114 Å². The van der Waals surface area contributed by atoms with Crippen LogP contribution in [0.3, 0.4) is 0 Å². The molecule has 94 valence electrons. The first-order valence-electron chi connectivity index (χ1n) is 5.38. The van der Waals surface area contributed by atoms with Crippen molar-refractivity contribution in [3.63, 3.8) is 0 Å². The number of thiazole rings is 1. The number of hydrogen-bond donors (Lipinski definition) is 2. The van der Waals surface area contributed by atoms with Gasteiger partial charge in [0.05, 0.1) is 12.3 Å². The number of aromatic nitrogens is 1. The van der Waals surface area contributed by atoms with Crippen molar-refractivity contribution in [2.24, 2.45) is 5.73 Å². The Morgan fingerprint density at radius 1 is 1.44 bits per heavy atom. The fraction of sp³-hybridized carbons (Fsp3) is 0.167. The quantitative estimate of drug-likeness (QED) is 0.796. The predicted molar refractivity (Wildman–Crippen MR) is 75.8 cm³/mol. The first kappa shape index (κ1) is 12.9. The Balaban J connectivity index is 2.00. The number of carbonyl (C=O) groups is 1. The highest BCUT2D eigenvalue weighted by molar-refractivity contribution is 8.00. The van der Waals surface area contributed by atoms with Crippen LogP contribution >= 0.6 is 23.1 Å². The van der Waals surface area contributed by atoms with Crippen LogP contribution in [0.4, 0.5) is 5.69 Å². The van der Waals surface area contributed by atoms with Gasteiger partial charge < -0.3 is 11.1 Å². The van der Waals surface area contributed by atoms with Gasteiger partial charge in [-0.2, -0.15) is 0 Å². The molecule has 2 rings (SSSR count). The number of benzene rings is 1. The van der Waals surface area contributed by atoms with Crippen LogP contribution in [0, 0.1) is 0 Å². The van der Waals surface area contributed by atoms with Gasteiger partial charge in [-0.3, -0.25) is 4.79 Å². The summed E-state index contributed by atoms with van der Waals surface area (Å²) in [5, 5.41) is 6.30. The number of nitrogens with one attached hydrogen (secondary N) is 1. The minimum Gasteiger partial charge on any atom is -0.378 e. The molecule has 1 aromatic carbocycles. The maximum atomic E-state index is 10.8. The minimum atomic E-state index is -0.310. The summed E-state index contributed by atoms with van der Waals surface area (Å²) in [4.78, 5) is 16.0. The second kappa shape index (κ2) is 6.42. The van der Waals surface area contributed by atoms with Gasteiger partial charge in [-0.25, -0.2) is 4.98 Å². The van der Waals surface area contributed by atoms with Crippen molar-refractivity contribution in [1.29, 1.82) is 0 Å². The van der Waals surface area contributed by atoms with Crippen LogP contribution in [-0.4, -0.2) is 16.6 Å². The van der Waals surface area contributed by atoms with Gasteiger partial charge in [-0.1, -0.05) is 12.1 Å². The molecule has 2 aromatic rings. The summed E-state index contributed by atoms with van der Waals surface area (Å²) in [5.41, 5.74) is 6.15. The zero-order chi connectivity index (χ0) is 12.8. The minimum absolute atomic E-state index is 0.288. The molecular weight excluding hydrogens is 266 g/mol. The molecule has 0 saturated carbocycles. The van der Waals surface area contributed by atoms with Crippen LogP contribution in [0.1, 0.15) is 5.01 Å². The third kappa shape index (κ3) is 3.75. The maximum absolute atomic E-state index is 10.8. The monoisotopic (exact) mass is 279 g/mol. The van der Waals surface area contributed by atoms with Gasteiger partial charge in [0, 0.05) is 22.2 Å². The lowest BCUT2D eigenvalue weighted by Gasteiger charge is -2.09. The Kier molecular flexibility index (Phi) is 4.60. The van der Waals surface area contributed by atoms with E-state index in [2.05, 4.69) is 10.3 Å². The second-order valence-corrected chi connectivity index (χ2v) is 5.53. The molecule has 0 bridgehead atoms. The first-order chi connectivity index (χ1) is 8.75. The molecule has 18 heavy (non-hydrogen) atoms. The Hall–Kier alpha value is -1.53. The largest absolute Gasteiger partial charge is 0.378 e. The summed E-state index contributed by atoms with van der Waals surface area (Å²) in [6.07, 6.45) is 1.79. The third-order valence-corrected chi connectivity index (χ3v) is 4.05. The smallest absolute Gasteiger partial charge is 0.227 e. The lowest BCUT2D eigenvalue weighted by Crippen LogP contribution is -2.13. The van der Waals surface area contributed by atoms with E-state index in [1.807, 2.05) is 29.6 Å². The summed E-state index contributed by atoms with van der Waals surface area (Å²) in [6, 6.07) is 7.85. The highest BCUT2D eigenvalue weighted by Gasteiger charge is 2.04. The number of hydrogen-bond acceptors (Lipinski definition) is 5. The highest BCUT2D eigenvalue weighted by atomic mass is 32.2. The SMILES string of the molecule is NC(=O)CSc1ccccc1NCc1nccs1. The predicted octanol–water partition coefficient (Wildman–Crippen LogP) is 2.33. The summed E-state index contributed by atoms with van der Waals surface area (Å²) in [5.74, 6) is -0.0228. The standard InChI is InChI=1S/C12H13N3OS2/c13-11(16)8-18-10-4-2-1-3-9(10)15-7-12-14-5-6-17-12/h1-6,15H,7-8H2,(H2,13,16). The van der Waals surface area contributed by atoms with Gasteiger partial charge in [0.25, 0.3) is 0 Å². The maximum Gasteiger partial charge on any atom is 0.227 e. The van der Waals surface area contributed by atoms with E-state index in [0.717, 1.165) is 15.6 Å². The van der Waals surface area contributed by atoms with E-state index in [1.54, 1.807) is 17.5 Å². The molecule has 0 radical (unpaired) electrons. The zero-order valence-electron chi connectivity index (χ0n) is 9.63. The summed E-state index contributed by atoms with van der Waals surface area (Å²) in [7, 11) is 0. The molecule has 0 aliphatic carbocycles. The van der Waals surface area contributed by atoms with Crippen molar-refractivity contribution in [3.8, 4) is 0 Å². The van der Waals surface area contributed by atoms with Crippen LogP contribution in [0.5, 0.6) is 0 Å². The Bertz CT molecular complexity index is 514. The van der Waals surface area contributed by atoms with Crippen LogP contribution in [0.15, 0.2) is 40.7 Å². The van der Waals surface area contributed by atoms with E-state index < -0.39 is 0 Å².